The minimum Gasteiger partial charge on any atom is -0.353 e. The average molecular weight is 371 g/mol. The fraction of sp³-hybridized carbons (Fsp3) is 0.556. The molecule has 0 heterocycles. The molecule has 1 aromatic carbocycles. The molecule has 132 valence electrons. The van der Waals surface area contributed by atoms with Crippen LogP contribution in [0.2, 0.25) is 10.0 Å². The first-order valence-electron chi connectivity index (χ1n) is 8.50. The Morgan fingerprint density at radius 1 is 1.17 bits per heavy atom. The lowest BCUT2D eigenvalue weighted by Crippen LogP contribution is -2.38. The topological polar surface area (TPSA) is 49.4 Å². The highest BCUT2D eigenvalue weighted by atomic mass is 35.5. The minimum absolute atomic E-state index is 0.0219. The number of nitrogens with zero attached hydrogens (tertiary/aromatic N) is 1. The van der Waals surface area contributed by atoms with Crippen LogP contribution in [0, 0.1) is 0 Å². The van der Waals surface area contributed by atoms with Crippen molar-refractivity contribution in [3.8, 4) is 0 Å². The van der Waals surface area contributed by atoms with Crippen molar-refractivity contribution in [1.29, 1.82) is 0 Å². The first-order chi connectivity index (χ1) is 11.5. The highest BCUT2D eigenvalue weighted by molar-refractivity contribution is 6.44. The Morgan fingerprint density at radius 2 is 1.83 bits per heavy atom. The number of amides is 2. The molecule has 1 aromatic rings. The Morgan fingerprint density at radius 3 is 2.46 bits per heavy atom. The summed E-state index contributed by atoms with van der Waals surface area (Å²) in [4.78, 5) is 25.7. The summed E-state index contributed by atoms with van der Waals surface area (Å²) in [6.45, 7) is 1.74. The normalized spacial score (nSPS) is 15.6. The third-order valence-electron chi connectivity index (χ3n) is 4.38. The Balaban J connectivity index is 1.95. The van der Waals surface area contributed by atoms with Crippen molar-refractivity contribution in [3.05, 3.63) is 28.2 Å². The number of hydrogen-bond donors (Lipinski definition) is 1. The van der Waals surface area contributed by atoms with Crippen molar-refractivity contribution in [1.82, 2.24) is 5.32 Å². The van der Waals surface area contributed by atoms with Crippen LogP contribution in [0.15, 0.2) is 18.2 Å². The number of nitrogens with one attached hydrogen (secondary N) is 1. The summed E-state index contributed by atoms with van der Waals surface area (Å²) in [5.41, 5.74) is 0.541. The molecule has 1 N–H and O–H groups in total. The van der Waals surface area contributed by atoms with Crippen molar-refractivity contribution >= 4 is 40.7 Å². The molecular formula is C18H24Cl2N2O2. The van der Waals surface area contributed by atoms with E-state index in [1.54, 1.807) is 18.2 Å². The molecule has 0 spiro atoms. The maximum Gasteiger partial charge on any atom is 0.223 e. The Bertz CT molecular complexity index is 584. The predicted molar refractivity (Wildman–Crippen MR) is 98.7 cm³/mol. The zero-order valence-corrected chi connectivity index (χ0v) is 15.5. The molecular weight excluding hydrogens is 347 g/mol. The lowest BCUT2D eigenvalue weighted by molar-refractivity contribution is -0.121. The maximum absolute atomic E-state index is 12.2. The van der Waals surface area contributed by atoms with Crippen LogP contribution in [0.5, 0.6) is 0 Å². The van der Waals surface area contributed by atoms with Gasteiger partial charge in [-0.25, -0.2) is 0 Å². The number of hydrogen-bond acceptors (Lipinski definition) is 2. The third kappa shape index (κ3) is 5.38. The van der Waals surface area contributed by atoms with Gasteiger partial charge in [-0.15, -0.1) is 0 Å². The van der Waals surface area contributed by atoms with Gasteiger partial charge >= 0.3 is 0 Å². The van der Waals surface area contributed by atoms with E-state index in [0.717, 1.165) is 12.8 Å². The molecule has 0 aliphatic heterocycles. The van der Waals surface area contributed by atoms with Gasteiger partial charge in [0.25, 0.3) is 0 Å². The molecule has 24 heavy (non-hydrogen) atoms. The van der Waals surface area contributed by atoms with Crippen LogP contribution < -0.4 is 10.2 Å². The van der Waals surface area contributed by atoms with Gasteiger partial charge in [-0.05, 0) is 25.0 Å². The zero-order valence-electron chi connectivity index (χ0n) is 14.0. The first-order valence-corrected chi connectivity index (χ1v) is 9.26. The molecule has 0 radical (unpaired) electrons. The molecule has 0 saturated heterocycles. The molecule has 1 aliphatic rings. The summed E-state index contributed by atoms with van der Waals surface area (Å²) in [7, 11) is 0. The van der Waals surface area contributed by atoms with E-state index in [-0.39, 0.29) is 30.8 Å². The van der Waals surface area contributed by atoms with E-state index < -0.39 is 0 Å². The second kappa shape index (κ2) is 9.28. The molecule has 2 amide bonds. The van der Waals surface area contributed by atoms with Gasteiger partial charge in [0.2, 0.25) is 11.8 Å². The zero-order chi connectivity index (χ0) is 17.5. The lowest BCUT2D eigenvalue weighted by atomic mass is 10.1. The Labute approximate surface area is 153 Å². The fourth-order valence-electron chi connectivity index (χ4n) is 3.09. The number of carbonyl (C=O) groups is 2. The van der Waals surface area contributed by atoms with E-state index in [0.29, 0.717) is 15.7 Å². The van der Waals surface area contributed by atoms with Gasteiger partial charge in [0.1, 0.15) is 0 Å². The van der Waals surface area contributed by atoms with Crippen LogP contribution in [0.1, 0.15) is 51.9 Å². The summed E-state index contributed by atoms with van der Waals surface area (Å²) in [6, 6.07) is 5.41. The molecule has 6 heteroatoms. The second-order valence-corrected chi connectivity index (χ2v) is 7.03. The van der Waals surface area contributed by atoms with E-state index in [9.17, 15) is 9.59 Å². The van der Waals surface area contributed by atoms with E-state index in [2.05, 4.69) is 5.32 Å². The second-order valence-electron chi connectivity index (χ2n) is 6.25. The van der Waals surface area contributed by atoms with Crippen molar-refractivity contribution in [3.63, 3.8) is 0 Å². The van der Waals surface area contributed by atoms with Gasteiger partial charge in [0, 0.05) is 25.9 Å². The SMILES string of the molecule is CC(=O)N(CCC(=O)NC1CCCCCC1)c1cccc(Cl)c1Cl. The quantitative estimate of drug-likeness (QED) is 0.771. The van der Waals surface area contributed by atoms with Crippen molar-refractivity contribution in [2.24, 2.45) is 0 Å². The smallest absolute Gasteiger partial charge is 0.223 e. The molecule has 0 aromatic heterocycles. The van der Waals surface area contributed by atoms with Crippen LogP contribution in [0.25, 0.3) is 0 Å². The number of carbonyl (C=O) groups excluding carboxylic acids is 2. The van der Waals surface area contributed by atoms with Gasteiger partial charge in [-0.3, -0.25) is 9.59 Å². The largest absolute Gasteiger partial charge is 0.353 e. The fourth-order valence-corrected chi connectivity index (χ4v) is 3.48. The summed E-state index contributed by atoms with van der Waals surface area (Å²) < 4.78 is 0. The highest BCUT2D eigenvalue weighted by Crippen LogP contribution is 2.32. The van der Waals surface area contributed by atoms with Crippen molar-refractivity contribution in [2.75, 3.05) is 11.4 Å². The molecule has 1 aliphatic carbocycles. The van der Waals surface area contributed by atoms with Gasteiger partial charge < -0.3 is 10.2 Å². The average Bonchev–Trinajstić information content (AvgIpc) is 2.79. The van der Waals surface area contributed by atoms with Crippen LogP contribution in [0.3, 0.4) is 0 Å². The monoisotopic (exact) mass is 370 g/mol. The van der Waals surface area contributed by atoms with Crippen LogP contribution in [-0.2, 0) is 9.59 Å². The number of benzene rings is 1. The molecule has 1 saturated carbocycles. The third-order valence-corrected chi connectivity index (χ3v) is 5.19. The molecule has 4 nitrogen and oxygen atoms in total. The van der Waals surface area contributed by atoms with Gasteiger partial charge in [0.15, 0.2) is 0 Å². The van der Waals surface area contributed by atoms with Crippen LogP contribution in [0.4, 0.5) is 5.69 Å². The maximum atomic E-state index is 12.2. The Hall–Kier alpha value is -1.26. The van der Waals surface area contributed by atoms with Gasteiger partial charge in [0.05, 0.1) is 15.7 Å². The van der Waals surface area contributed by atoms with E-state index in [4.69, 9.17) is 23.2 Å². The number of rotatable bonds is 5. The number of anilines is 1. The van der Waals surface area contributed by atoms with E-state index in [1.165, 1.54) is 37.5 Å². The predicted octanol–water partition coefficient (Wildman–Crippen LogP) is 4.58. The highest BCUT2D eigenvalue weighted by Gasteiger charge is 2.19. The molecule has 0 bridgehead atoms. The first kappa shape index (κ1) is 19.1. The summed E-state index contributed by atoms with van der Waals surface area (Å²) in [5.74, 6) is -0.187. The Kier molecular flexibility index (Phi) is 7.38. The van der Waals surface area contributed by atoms with Gasteiger partial charge in [-0.2, -0.15) is 0 Å². The van der Waals surface area contributed by atoms with Crippen LogP contribution >= 0.6 is 23.2 Å². The summed E-state index contributed by atoms with van der Waals surface area (Å²) in [5, 5.41) is 3.82. The van der Waals surface area contributed by atoms with Crippen molar-refractivity contribution < 1.29 is 9.59 Å². The van der Waals surface area contributed by atoms with E-state index in [1.807, 2.05) is 0 Å². The molecule has 1 fully saturated rings. The molecule has 0 atom stereocenters. The minimum atomic E-state index is -0.165. The van der Waals surface area contributed by atoms with Crippen molar-refractivity contribution in [2.45, 2.75) is 57.9 Å². The number of halogens is 2. The van der Waals surface area contributed by atoms with E-state index >= 15 is 0 Å². The standard InChI is InChI=1S/C18H24Cl2N2O2/c1-13(23)22(16-10-6-9-15(19)18(16)20)12-11-17(24)21-14-7-4-2-3-5-8-14/h6,9-10,14H,2-5,7-8,11-12H2,1H3,(H,21,24). The van der Waals surface area contributed by atoms with Gasteiger partial charge in [-0.1, -0.05) is 55.0 Å². The van der Waals surface area contributed by atoms with Crippen LogP contribution in [-0.4, -0.2) is 24.4 Å². The molecule has 0 unspecified atom stereocenters. The summed E-state index contributed by atoms with van der Waals surface area (Å²) in [6.07, 6.45) is 7.17. The lowest BCUT2D eigenvalue weighted by Gasteiger charge is -2.23. The summed E-state index contributed by atoms with van der Waals surface area (Å²) >= 11 is 12.2. The molecule has 2 rings (SSSR count).